The molecule has 6 rings (SSSR count). The van der Waals surface area contributed by atoms with Crippen LogP contribution in [-0.2, 0) is 0 Å². The normalized spacial score (nSPS) is 18.3. The molecule has 4 aromatic rings. The van der Waals surface area contributed by atoms with Gasteiger partial charge in [0, 0.05) is 5.92 Å². The van der Waals surface area contributed by atoms with Gasteiger partial charge in [-0.1, -0.05) is 153 Å². The van der Waals surface area contributed by atoms with Gasteiger partial charge in [0.05, 0.1) is 0 Å². The lowest BCUT2D eigenvalue weighted by atomic mass is 9.77. The number of hydrogen-bond donors (Lipinski definition) is 0. The second-order valence-corrected chi connectivity index (χ2v) is 15.6. The van der Waals surface area contributed by atoms with Crippen molar-refractivity contribution >= 4 is 66.7 Å². The zero-order chi connectivity index (χ0) is 25.4. The summed E-state index contributed by atoms with van der Waals surface area (Å²) in [6.45, 7) is 2.26. The van der Waals surface area contributed by atoms with E-state index < -0.39 is 7.92 Å². The van der Waals surface area contributed by atoms with Gasteiger partial charge in [0.15, 0.2) is 0 Å². The van der Waals surface area contributed by atoms with E-state index >= 15 is 0 Å². The maximum atomic E-state index is 3.80. The predicted octanol–water partition coefficient (Wildman–Crippen LogP) is 9.20. The number of alkyl halides is 2. The van der Waals surface area contributed by atoms with Crippen LogP contribution in [0.1, 0.15) is 11.1 Å². The molecular formula is C34H27Br2P. The summed E-state index contributed by atoms with van der Waals surface area (Å²) in [5, 5.41) is 5.47. The second-order valence-electron chi connectivity index (χ2n) is 9.66. The van der Waals surface area contributed by atoms with E-state index in [0.29, 0.717) is 5.92 Å². The van der Waals surface area contributed by atoms with Crippen molar-refractivity contribution in [2.75, 3.05) is 6.16 Å². The summed E-state index contributed by atoms with van der Waals surface area (Å²) >= 11 is 7.60. The van der Waals surface area contributed by atoms with Crippen molar-refractivity contribution in [3.05, 3.63) is 150 Å². The fourth-order valence-corrected chi connectivity index (χ4v) is 8.74. The maximum absolute atomic E-state index is 3.80. The van der Waals surface area contributed by atoms with Crippen molar-refractivity contribution in [2.45, 2.75) is 10.2 Å². The molecule has 0 fully saturated rings. The molecule has 2 aliphatic carbocycles. The number of halogens is 2. The quantitative estimate of drug-likeness (QED) is 0.153. The highest BCUT2D eigenvalue weighted by molar-refractivity contribution is 9.25. The van der Waals surface area contributed by atoms with Gasteiger partial charge in [-0.05, 0) is 76.3 Å². The van der Waals surface area contributed by atoms with E-state index in [2.05, 4.69) is 166 Å². The van der Waals surface area contributed by atoms with Gasteiger partial charge in [-0.3, -0.25) is 0 Å². The fourth-order valence-electron chi connectivity index (χ4n) is 5.51. The molecule has 1 unspecified atom stereocenters. The molecule has 0 nitrogen and oxygen atoms in total. The number of aryl methyl sites for hydroxylation is 1. The van der Waals surface area contributed by atoms with Crippen molar-refractivity contribution in [3.63, 3.8) is 0 Å². The number of allylic oxidation sites excluding steroid dienone is 8. The van der Waals surface area contributed by atoms with Crippen LogP contribution in [0.3, 0.4) is 0 Å². The molecule has 182 valence electrons. The van der Waals surface area contributed by atoms with E-state index in [-0.39, 0.29) is 3.23 Å². The smallest absolute Gasteiger partial charge is 0.0760 e. The minimum Gasteiger partial charge on any atom is -0.0760 e. The molecular weight excluding hydrogens is 599 g/mol. The van der Waals surface area contributed by atoms with E-state index in [1.807, 2.05) is 0 Å². The SMILES string of the molecule is Cc1ccc2ccccc2c1C1=C2C=CC(Br)(Br)C=C2C=CC1CP(c1ccccc1)c1ccccc1. The molecule has 2 aliphatic rings. The standard InChI is InChI=1S/C34H27Br2P/c1-24-16-17-25-10-8-9-15-30(25)32(24)33-27(19-18-26-22-34(35,36)21-20-31(26)33)23-37(28-11-4-2-5-12-28)29-13-6-3-7-14-29/h2-22,27H,23H2,1H3. The fraction of sp³-hybridized carbons (Fsp3) is 0.118. The third kappa shape index (κ3) is 5.00. The first-order valence-corrected chi connectivity index (χ1v) is 15.7. The van der Waals surface area contributed by atoms with Crippen molar-refractivity contribution in [1.82, 2.24) is 0 Å². The van der Waals surface area contributed by atoms with E-state index in [0.717, 1.165) is 6.16 Å². The molecule has 37 heavy (non-hydrogen) atoms. The Bertz CT molecular complexity index is 1540. The topological polar surface area (TPSA) is 0 Å². The second kappa shape index (κ2) is 10.3. The Morgan fingerprint density at radius 3 is 2.11 bits per heavy atom. The lowest BCUT2D eigenvalue weighted by Gasteiger charge is -2.33. The van der Waals surface area contributed by atoms with Crippen LogP contribution in [-0.4, -0.2) is 9.40 Å². The van der Waals surface area contributed by atoms with Crippen LogP contribution in [0.4, 0.5) is 0 Å². The summed E-state index contributed by atoms with van der Waals surface area (Å²) in [6, 6.07) is 35.5. The van der Waals surface area contributed by atoms with Gasteiger partial charge in [0.2, 0.25) is 0 Å². The van der Waals surface area contributed by atoms with E-state index in [1.54, 1.807) is 0 Å². The molecule has 0 aromatic heterocycles. The van der Waals surface area contributed by atoms with Gasteiger partial charge >= 0.3 is 0 Å². The molecule has 0 heterocycles. The van der Waals surface area contributed by atoms with Crippen LogP contribution in [0.15, 0.2) is 139 Å². The Balaban J connectivity index is 1.55. The van der Waals surface area contributed by atoms with E-state index in [1.165, 1.54) is 49.2 Å². The van der Waals surface area contributed by atoms with Gasteiger partial charge < -0.3 is 0 Å². The summed E-state index contributed by atoms with van der Waals surface area (Å²) in [6.07, 6.45) is 12.6. The molecule has 4 aromatic carbocycles. The van der Waals surface area contributed by atoms with Crippen LogP contribution in [0, 0.1) is 12.8 Å². The number of benzene rings is 4. The number of fused-ring (bicyclic) bond motifs is 2. The molecule has 0 amide bonds. The minimum atomic E-state index is -0.535. The van der Waals surface area contributed by atoms with Crippen LogP contribution < -0.4 is 10.6 Å². The van der Waals surface area contributed by atoms with Gasteiger partial charge in [0.1, 0.15) is 3.23 Å². The maximum Gasteiger partial charge on any atom is 0.118 e. The summed E-state index contributed by atoms with van der Waals surface area (Å²) < 4.78 is -0.310. The Morgan fingerprint density at radius 1 is 0.757 bits per heavy atom. The van der Waals surface area contributed by atoms with Gasteiger partial charge in [-0.2, -0.15) is 0 Å². The lowest BCUT2D eigenvalue weighted by molar-refractivity contribution is 0.953. The Kier molecular flexibility index (Phi) is 6.93. The summed E-state index contributed by atoms with van der Waals surface area (Å²) in [7, 11) is -0.535. The monoisotopic (exact) mass is 624 g/mol. The van der Waals surface area contributed by atoms with E-state index in [9.17, 15) is 0 Å². The van der Waals surface area contributed by atoms with Crippen LogP contribution in [0.2, 0.25) is 0 Å². The molecule has 0 saturated heterocycles. The van der Waals surface area contributed by atoms with Crippen molar-refractivity contribution < 1.29 is 0 Å². The molecule has 0 radical (unpaired) electrons. The van der Waals surface area contributed by atoms with Crippen molar-refractivity contribution in [2.24, 2.45) is 5.92 Å². The summed E-state index contributed by atoms with van der Waals surface area (Å²) in [5.41, 5.74) is 6.74. The van der Waals surface area contributed by atoms with Crippen molar-refractivity contribution in [3.8, 4) is 0 Å². The highest BCUT2D eigenvalue weighted by Crippen LogP contribution is 2.49. The molecule has 0 saturated carbocycles. The Hall–Kier alpha value is -2.51. The average Bonchev–Trinajstić information content (AvgIpc) is 2.92. The van der Waals surface area contributed by atoms with Crippen LogP contribution in [0.25, 0.3) is 16.3 Å². The first kappa shape index (κ1) is 24.8. The number of hydrogen-bond acceptors (Lipinski definition) is 0. The van der Waals surface area contributed by atoms with Gasteiger partial charge in [-0.15, -0.1) is 0 Å². The van der Waals surface area contributed by atoms with Gasteiger partial charge in [0.25, 0.3) is 0 Å². The van der Waals surface area contributed by atoms with Crippen molar-refractivity contribution in [1.29, 1.82) is 0 Å². The third-order valence-electron chi connectivity index (χ3n) is 7.22. The Morgan fingerprint density at radius 2 is 1.41 bits per heavy atom. The largest absolute Gasteiger partial charge is 0.118 e. The molecule has 0 spiro atoms. The minimum absolute atomic E-state index is 0.297. The van der Waals surface area contributed by atoms with E-state index in [4.69, 9.17) is 0 Å². The molecule has 0 bridgehead atoms. The molecule has 1 atom stereocenters. The first-order chi connectivity index (χ1) is 18.0. The van der Waals surface area contributed by atoms with Crippen LogP contribution in [0.5, 0.6) is 0 Å². The summed E-state index contributed by atoms with van der Waals surface area (Å²) in [5.74, 6) is 0.297. The summed E-state index contributed by atoms with van der Waals surface area (Å²) in [4.78, 5) is 0. The molecule has 3 heteroatoms. The highest BCUT2D eigenvalue weighted by atomic mass is 79.9. The zero-order valence-electron chi connectivity index (χ0n) is 20.6. The van der Waals surface area contributed by atoms with Crippen LogP contribution >= 0.6 is 39.8 Å². The molecule has 0 N–H and O–H groups in total. The average molecular weight is 626 g/mol. The zero-order valence-corrected chi connectivity index (χ0v) is 24.7. The highest BCUT2D eigenvalue weighted by Gasteiger charge is 2.31. The predicted molar refractivity (Wildman–Crippen MR) is 170 cm³/mol. The van der Waals surface area contributed by atoms with Gasteiger partial charge in [-0.25, -0.2) is 0 Å². The Labute approximate surface area is 237 Å². The lowest BCUT2D eigenvalue weighted by Crippen LogP contribution is -2.22. The first-order valence-electron chi connectivity index (χ1n) is 12.6. The number of rotatable bonds is 5. The molecule has 0 aliphatic heterocycles. The third-order valence-corrected chi connectivity index (χ3v) is 10.8.